The summed E-state index contributed by atoms with van der Waals surface area (Å²) in [6.45, 7) is 2.51. The first-order valence-electron chi connectivity index (χ1n) is 5.71. The van der Waals surface area contributed by atoms with E-state index in [4.69, 9.17) is 4.74 Å². The van der Waals surface area contributed by atoms with Gasteiger partial charge in [0.1, 0.15) is 10.4 Å². The molecule has 1 heterocycles. The smallest absolute Gasteiger partial charge is 0.256 e. The van der Waals surface area contributed by atoms with E-state index in [9.17, 15) is 4.79 Å². The minimum absolute atomic E-state index is 0.236. The quantitative estimate of drug-likeness (QED) is 0.940. The molecule has 6 heteroatoms. The molecule has 0 saturated heterocycles. The lowest BCUT2D eigenvalue weighted by molar-refractivity contribution is 0.102. The lowest BCUT2D eigenvalue weighted by Gasteiger charge is -2.06. The van der Waals surface area contributed by atoms with Crippen LogP contribution in [0, 0.1) is 0 Å². The molecule has 0 unspecified atom stereocenters. The fourth-order valence-corrected chi connectivity index (χ4v) is 1.64. The number of halogens is 1. The highest BCUT2D eigenvalue weighted by Gasteiger charge is 2.07. The Bertz CT molecular complexity index is 555. The van der Waals surface area contributed by atoms with Crippen LogP contribution in [0.25, 0.3) is 0 Å². The maximum Gasteiger partial charge on any atom is 0.256 e. The zero-order valence-electron chi connectivity index (χ0n) is 10.3. The number of rotatable bonds is 4. The standard InChI is InChI=1S/C13H12BrN3O2/c1-2-19-10-5-3-9(4-6-10)13(18)17-12-8-15-11(14)7-16-12/h3-8H,2H2,1H3,(H,16,17,18). The summed E-state index contributed by atoms with van der Waals surface area (Å²) in [6.07, 6.45) is 3.00. The van der Waals surface area contributed by atoms with Crippen molar-refractivity contribution in [1.82, 2.24) is 9.97 Å². The molecule has 1 amide bonds. The first kappa shape index (κ1) is 13.5. The van der Waals surface area contributed by atoms with Gasteiger partial charge in [-0.05, 0) is 47.1 Å². The van der Waals surface area contributed by atoms with Gasteiger partial charge in [-0.15, -0.1) is 0 Å². The summed E-state index contributed by atoms with van der Waals surface area (Å²) in [6, 6.07) is 6.91. The number of ether oxygens (including phenoxy) is 1. The van der Waals surface area contributed by atoms with Gasteiger partial charge < -0.3 is 10.1 Å². The lowest BCUT2D eigenvalue weighted by Crippen LogP contribution is -2.13. The summed E-state index contributed by atoms with van der Waals surface area (Å²) in [5.74, 6) is 0.907. The lowest BCUT2D eigenvalue weighted by atomic mass is 10.2. The number of nitrogens with zero attached hydrogens (tertiary/aromatic N) is 2. The molecule has 5 nitrogen and oxygen atoms in total. The number of nitrogens with one attached hydrogen (secondary N) is 1. The van der Waals surface area contributed by atoms with Crippen molar-refractivity contribution in [3.05, 3.63) is 46.8 Å². The predicted octanol–water partition coefficient (Wildman–Crippen LogP) is 2.89. The van der Waals surface area contributed by atoms with Crippen molar-refractivity contribution in [1.29, 1.82) is 0 Å². The molecule has 1 aromatic heterocycles. The average molecular weight is 322 g/mol. The number of anilines is 1. The Morgan fingerprint density at radius 3 is 2.58 bits per heavy atom. The topological polar surface area (TPSA) is 64.1 Å². The summed E-state index contributed by atoms with van der Waals surface area (Å²) in [4.78, 5) is 19.9. The van der Waals surface area contributed by atoms with Gasteiger partial charge in [-0.3, -0.25) is 4.79 Å². The number of aromatic nitrogens is 2. The number of hydrogen-bond donors (Lipinski definition) is 1. The van der Waals surface area contributed by atoms with Crippen molar-refractivity contribution in [2.24, 2.45) is 0 Å². The van der Waals surface area contributed by atoms with Gasteiger partial charge >= 0.3 is 0 Å². The first-order valence-corrected chi connectivity index (χ1v) is 6.50. The van der Waals surface area contributed by atoms with Gasteiger partial charge in [0.25, 0.3) is 5.91 Å². The SMILES string of the molecule is CCOc1ccc(C(=O)Nc2cnc(Br)cn2)cc1. The second-order valence-electron chi connectivity index (χ2n) is 3.64. The molecule has 0 atom stereocenters. The highest BCUT2D eigenvalue weighted by molar-refractivity contribution is 9.10. The minimum atomic E-state index is -0.236. The van der Waals surface area contributed by atoms with E-state index in [0.29, 0.717) is 22.6 Å². The van der Waals surface area contributed by atoms with Crippen LogP contribution in [-0.4, -0.2) is 22.5 Å². The summed E-state index contributed by atoms with van der Waals surface area (Å²) in [5.41, 5.74) is 0.535. The van der Waals surface area contributed by atoms with Gasteiger partial charge in [0.2, 0.25) is 0 Å². The zero-order valence-corrected chi connectivity index (χ0v) is 11.8. The molecule has 0 bridgehead atoms. The Balaban J connectivity index is 2.05. The zero-order chi connectivity index (χ0) is 13.7. The third-order valence-electron chi connectivity index (χ3n) is 2.29. The molecule has 1 aromatic carbocycles. The van der Waals surface area contributed by atoms with Crippen molar-refractivity contribution in [2.45, 2.75) is 6.92 Å². The molecule has 0 aliphatic rings. The minimum Gasteiger partial charge on any atom is -0.494 e. The third-order valence-corrected chi connectivity index (χ3v) is 2.70. The van der Waals surface area contributed by atoms with Crippen LogP contribution < -0.4 is 10.1 Å². The molecule has 0 aliphatic heterocycles. The van der Waals surface area contributed by atoms with Crippen LogP contribution in [0.1, 0.15) is 17.3 Å². The first-order chi connectivity index (χ1) is 9.19. The maximum atomic E-state index is 11.9. The molecule has 19 heavy (non-hydrogen) atoms. The highest BCUT2D eigenvalue weighted by atomic mass is 79.9. The van der Waals surface area contributed by atoms with E-state index in [-0.39, 0.29) is 5.91 Å². The van der Waals surface area contributed by atoms with E-state index < -0.39 is 0 Å². The van der Waals surface area contributed by atoms with E-state index in [1.165, 1.54) is 12.4 Å². The van der Waals surface area contributed by atoms with Crippen LogP contribution in [0.2, 0.25) is 0 Å². The van der Waals surface area contributed by atoms with Crippen molar-refractivity contribution >= 4 is 27.7 Å². The second-order valence-corrected chi connectivity index (χ2v) is 4.45. The number of carbonyl (C=O) groups is 1. The molecule has 98 valence electrons. The Morgan fingerprint density at radius 2 is 2.00 bits per heavy atom. The Hall–Kier alpha value is -1.95. The van der Waals surface area contributed by atoms with Gasteiger partial charge in [0.15, 0.2) is 5.82 Å². The third kappa shape index (κ3) is 3.75. The van der Waals surface area contributed by atoms with Crippen LogP contribution in [0.15, 0.2) is 41.3 Å². The van der Waals surface area contributed by atoms with Gasteiger partial charge in [-0.2, -0.15) is 0 Å². The van der Waals surface area contributed by atoms with Crippen LogP contribution in [-0.2, 0) is 0 Å². The van der Waals surface area contributed by atoms with Crippen LogP contribution in [0.3, 0.4) is 0 Å². The summed E-state index contributed by atoms with van der Waals surface area (Å²) in [7, 11) is 0. The van der Waals surface area contributed by atoms with Crippen LogP contribution in [0.4, 0.5) is 5.82 Å². The fraction of sp³-hybridized carbons (Fsp3) is 0.154. The molecule has 0 fully saturated rings. The molecule has 2 aromatic rings. The Morgan fingerprint density at radius 1 is 1.26 bits per heavy atom. The molecular formula is C13H12BrN3O2. The monoisotopic (exact) mass is 321 g/mol. The predicted molar refractivity (Wildman–Crippen MR) is 75.3 cm³/mol. The molecule has 0 aliphatic carbocycles. The number of benzene rings is 1. The number of carbonyl (C=O) groups excluding carboxylic acids is 1. The fourth-order valence-electron chi connectivity index (χ4n) is 1.43. The van der Waals surface area contributed by atoms with E-state index >= 15 is 0 Å². The van der Waals surface area contributed by atoms with E-state index in [0.717, 1.165) is 5.75 Å². The molecule has 0 spiro atoms. The Kier molecular flexibility index (Phi) is 4.46. The van der Waals surface area contributed by atoms with Gasteiger partial charge in [0, 0.05) is 5.56 Å². The van der Waals surface area contributed by atoms with E-state index in [1.807, 2.05) is 6.92 Å². The summed E-state index contributed by atoms with van der Waals surface area (Å²) < 4.78 is 5.93. The molecule has 0 saturated carbocycles. The van der Waals surface area contributed by atoms with Gasteiger partial charge in [-0.1, -0.05) is 0 Å². The molecule has 1 N–H and O–H groups in total. The average Bonchev–Trinajstić information content (AvgIpc) is 2.42. The van der Waals surface area contributed by atoms with Crippen LogP contribution >= 0.6 is 15.9 Å². The molecule has 2 rings (SSSR count). The molecular weight excluding hydrogens is 310 g/mol. The number of amides is 1. The van der Waals surface area contributed by atoms with Gasteiger partial charge in [-0.25, -0.2) is 9.97 Å². The molecule has 0 radical (unpaired) electrons. The van der Waals surface area contributed by atoms with Gasteiger partial charge in [0.05, 0.1) is 19.0 Å². The van der Waals surface area contributed by atoms with E-state index in [1.54, 1.807) is 24.3 Å². The normalized spacial score (nSPS) is 10.0. The van der Waals surface area contributed by atoms with Crippen LogP contribution in [0.5, 0.6) is 5.75 Å². The van der Waals surface area contributed by atoms with Crippen molar-refractivity contribution < 1.29 is 9.53 Å². The second kappa shape index (κ2) is 6.29. The maximum absolute atomic E-state index is 11.9. The van der Waals surface area contributed by atoms with Crippen molar-refractivity contribution in [3.63, 3.8) is 0 Å². The van der Waals surface area contributed by atoms with E-state index in [2.05, 4.69) is 31.2 Å². The Labute approximate surface area is 119 Å². The van der Waals surface area contributed by atoms with Crippen molar-refractivity contribution in [3.8, 4) is 5.75 Å². The largest absolute Gasteiger partial charge is 0.494 e. The van der Waals surface area contributed by atoms with Crippen molar-refractivity contribution in [2.75, 3.05) is 11.9 Å². The summed E-state index contributed by atoms with van der Waals surface area (Å²) >= 11 is 3.18. The summed E-state index contributed by atoms with van der Waals surface area (Å²) in [5, 5.41) is 2.66. The number of hydrogen-bond acceptors (Lipinski definition) is 4. The highest BCUT2D eigenvalue weighted by Crippen LogP contribution is 2.13.